The van der Waals surface area contributed by atoms with Crippen molar-refractivity contribution in [3.05, 3.63) is 82.4 Å². The lowest BCUT2D eigenvalue weighted by Gasteiger charge is -2.29. The molecule has 0 aliphatic carbocycles. The second kappa shape index (κ2) is 11.3. The van der Waals surface area contributed by atoms with Crippen molar-refractivity contribution in [2.24, 2.45) is 5.92 Å². The van der Waals surface area contributed by atoms with E-state index in [0.29, 0.717) is 43.1 Å². The summed E-state index contributed by atoms with van der Waals surface area (Å²) in [5.41, 5.74) is 1.78. The molecular weight excluding hydrogens is 448 g/mol. The predicted octanol–water partition coefficient (Wildman–Crippen LogP) is 6.14. The van der Waals surface area contributed by atoms with Crippen molar-refractivity contribution in [2.75, 3.05) is 26.9 Å². The highest BCUT2D eigenvalue weighted by atomic mass is 19.2. The number of methoxy groups -OCH3 is 1. The minimum Gasteiger partial charge on any atom is -0.385 e. The molecule has 1 aliphatic heterocycles. The molecule has 3 nitrogen and oxygen atoms in total. The monoisotopic (exact) mass is 476 g/mol. The van der Waals surface area contributed by atoms with Gasteiger partial charge in [0.15, 0.2) is 23.7 Å². The second-order valence-corrected chi connectivity index (χ2v) is 8.75. The van der Waals surface area contributed by atoms with Crippen LogP contribution in [0.3, 0.4) is 0 Å². The molecule has 0 saturated carbocycles. The number of aryl methyl sites for hydroxylation is 3. The van der Waals surface area contributed by atoms with E-state index in [0.717, 1.165) is 35.9 Å². The Morgan fingerprint density at radius 1 is 0.794 bits per heavy atom. The van der Waals surface area contributed by atoms with Gasteiger partial charge in [0.1, 0.15) is 5.82 Å². The maximum absolute atomic E-state index is 15.1. The zero-order valence-electron chi connectivity index (χ0n) is 19.1. The van der Waals surface area contributed by atoms with Crippen molar-refractivity contribution in [2.45, 2.75) is 38.4 Å². The number of rotatable bonds is 9. The summed E-state index contributed by atoms with van der Waals surface area (Å²) in [7, 11) is 1.68. The minimum absolute atomic E-state index is 0.197. The number of benzene rings is 3. The lowest BCUT2D eigenvalue weighted by molar-refractivity contribution is -0.204. The molecule has 0 N–H and O–H groups in total. The molecular formula is C27H28F4O3. The third-order valence-corrected chi connectivity index (χ3v) is 6.26. The van der Waals surface area contributed by atoms with Crippen LogP contribution in [0.2, 0.25) is 0 Å². The van der Waals surface area contributed by atoms with E-state index in [-0.39, 0.29) is 30.5 Å². The molecule has 0 atom stereocenters. The number of halogens is 4. The summed E-state index contributed by atoms with van der Waals surface area (Å²) in [5, 5.41) is 1.27. The quantitative estimate of drug-likeness (QED) is 0.274. The lowest BCUT2D eigenvalue weighted by Crippen LogP contribution is -2.32. The van der Waals surface area contributed by atoms with E-state index < -0.39 is 17.5 Å². The van der Waals surface area contributed by atoms with Crippen molar-refractivity contribution in [1.29, 1.82) is 0 Å². The highest BCUT2D eigenvalue weighted by Crippen LogP contribution is 2.26. The Morgan fingerprint density at radius 3 is 2.24 bits per heavy atom. The average Bonchev–Trinajstić information content (AvgIpc) is 2.85. The van der Waals surface area contributed by atoms with E-state index in [1.54, 1.807) is 19.2 Å². The van der Waals surface area contributed by atoms with Crippen LogP contribution in [0.25, 0.3) is 10.8 Å². The highest BCUT2D eigenvalue weighted by molar-refractivity contribution is 5.84. The molecule has 7 heteroatoms. The molecule has 0 aromatic heterocycles. The summed E-state index contributed by atoms with van der Waals surface area (Å²) >= 11 is 0. The predicted molar refractivity (Wildman–Crippen MR) is 122 cm³/mol. The number of hydrogen-bond donors (Lipinski definition) is 0. The molecule has 0 radical (unpaired) electrons. The topological polar surface area (TPSA) is 27.7 Å². The van der Waals surface area contributed by atoms with Crippen molar-refractivity contribution in [3.8, 4) is 0 Å². The lowest BCUT2D eigenvalue weighted by atomic mass is 9.98. The van der Waals surface area contributed by atoms with Crippen LogP contribution in [0.1, 0.15) is 29.5 Å². The van der Waals surface area contributed by atoms with Crippen molar-refractivity contribution < 1.29 is 31.8 Å². The Balaban J connectivity index is 1.35. The largest absolute Gasteiger partial charge is 0.385 e. The molecule has 0 unspecified atom stereocenters. The summed E-state index contributed by atoms with van der Waals surface area (Å²) in [6, 6.07) is 11.0. The summed E-state index contributed by atoms with van der Waals surface area (Å²) in [5.74, 6) is -3.97. The van der Waals surface area contributed by atoms with Gasteiger partial charge in [0.05, 0.1) is 13.2 Å². The fraction of sp³-hybridized carbons (Fsp3) is 0.407. The van der Waals surface area contributed by atoms with Gasteiger partial charge >= 0.3 is 0 Å². The summed E-state index contributed by atoms with van der Waals surface area (Å²) in [6.45, 7) is 2.02. The van der Waals surface area contributed by atoms with Crippen LogP contribution in [0, 0.1) is 29.2 Å². The number of fused-ring (bicyclic) bond motifs is 1. The standard InChI is InChI=1S/C27H28F4O3/c1-32-11-10-19-15-33-25(34-16-19)9-4-17-3-8-22-21(12-17)7-6-20(26(22)30)5-2-18-13-23(28)27(31)24(29)14-18/h3,6-8,12-14,19,25H,2,4-5,9-11,15-16H2,1H3. The van der Waals surface area contributed by atoms with Crippen LogP contribution >= 0.6 is 0 Å². The van der Waals surface area contributed by atoms with Crippen LogP contribution < -0.4 is 0 Å². The summed E-state index contributed by atoms with van der Waals surface area (Å²) < 4.78 is 71.8. The molecule has 182 valence electrons. The van der Waals surface area contributed by atoms with Crippen LogP contribution in [-0.4, -0.2) is 33.2 Å². The SMILES string of the molecule is COCCC1COC(CCc2ccc3c(F)c(CCc4cc(F)c(F)c(F)c4)ccc3c2)OC1. The van der Waals surface area contributed by atoms with E-state index in [1.165, 1.54) is 0 Å². The maximum Gasteiger partial charge on any atom is 0.194 e. The molecule has 4 rings (SSSR count). The fourth-order valence-electron chi connectivity index (χ4n) is 4.25. The van der Waals surface area contributed by atoms with Crippen molar-refractivity contribution >= 4 is 10.8 Å². The molecule has 1 heterocycles. The Hall–Kier alpha value is -2.48. The van der Waals surface area contributed by atoms with Gasteiger partial charge in [-0.3, -0.25) is 0 Å². The molecule has 1 aliphatic rings. The first-order valence-corrected chi connectivity index (χ1v) is 11.5. The molecule has 1 saturated heterocycles. The van der Waals surface area contributed by atoms with Crippen LogP contribution in [-0.2, 0) is 33.5 Å². The van der Waals surface area contributed by atoms with Crippen molar-refractivity contribution in [1.82, 2.24) is 0 Å². The van der Waals surface area contributed by atoms with Gasteiger partial charge in [-0.25, -0.2) is 17.6 Å². The fourth-order valence-corrected chi connectivity index (χ4v) is 4.25. The van der Waals surface area contributed by atoms with Crippen LogP contribution in [0.5, 0.6) is 0 Å². The molecule has 3 aromatic rings. The zero-order valence-corrected chi connectivity index (χ0v) is 19.1. The van der Waals surface area contributed by atoms with Gasteiger partial charge in [-0.2, -0.15) is 0 Å². The van der Waals surface area contributed by atoms with Gasteiger partial charge in [0.25, 0.3) is 0 Å². The third-order valence-electron chi connectivity index (χ3n) is 6.26. The molecule has 0 amide bonds. The molecule has 1 fully saturated rings. The van der Waals surface area contributed by atoms with E-state index in [9.17, 15) is 13.2 Å². The van der Waals surface area contributed by atoms with Gasteiger partial charge in [-0.1, -0.05) is 30.3 Å². The third kappa shape index (κ3) is 5.95. The van der Waals surface area contributed by atoms with E-state index in [2.05, 4.69) is 0 Å². The van der Waals surface area contributed by atoms with Crippen molar-refractivity contribution in [3.63, 3.8) is 0 Å². The maximum atomic E-state index is 15.1. The first kappa shape index (κ1) is 24.6. The normalized spacial score (nSPS) is 18.5. The highest BCUT2D eigenvalue weighted by Gasteiger charge is 2.22. The Kier molecular flexibility index (Phi) is 8.19. The minimum atomic E-state index is -1.50. The second-order valence-electron chi connectivity index (χ2n) is 8.75. The van der Waals surface area contributed by atoms with Gasteiger partial charge in [0.2, 0.25) is 0 Å². The average molecular weight is 477 g/mol. The molecule has 0 spiro atoms. The van der Waals surface area contributed by atoms with Crippen LogP contribution in [0.15, 0.2) is 42.5 Å². The Bertz CT molecular complexity index is 1100. The Morgan fingerprint density at radius 2 is 1.53 bits per heavy atom. The van der Waals surface area contributed by atoms with Gasteiger partial charge in [0, 0.05) is 31.4 Å². The van der Waals surface area contributed by atoms with E-state index >= 15 is 4.39 Å². The first-order chi connectivity index (χ1) is 16.4. The smallest absolute Gasteiger partial charge is 0.194 e. The summed E-state index contributed by atoms with van der Waals surface area (Å²) in [6.07, 6.45) is 2.58. The van der Waals surface area contributed by atoms with Gasteiger partial charge in [-0.15, -0.1) is 0 Å². The summed E-state index contributed by atoms with van der Waals surface area (Å²) in [4.78, 5) is 0. The molecule has 0 bridgehead atoms. The number of ether oxygens (including phenoxy) is 3. The van der Waals surface area contributed by atoms with Gasteiger partial charge in [-0.05, 0) is 59.9 Å². The van der Waals surface area contributed by atoms with Gasteiger partial charge < -0.3 is 14.2 Å². The van der Waals surface area contributed by atoms with E-state index in [1.807, 2.05) is 18.2 Å². The number of hydrogen-bond acceptors (Lipinski definition) is 3. The first-order valence-electron chi connectivity index (χ1n) is 11.5. The molecule has 3 aromatic carbocycles. The Labute approximate surface area is 196 Å². The van der Waals surface area contributed by atoms with E-state index in [4.69, 9.17) is 14.2 Å². The molecule has 34 heavy (non-hydrogen) atoms. The zero-order chi connectivity index (χ0) is 24.1. The van der Waals surface area contributed by atoms with Crippen LogP contribution in [0.4, 0.5) is 17.6 Å².